The Morgan fingerprint density at radius 1 is 0.960 bits per heavy atom. The van der Waals surface area contributed by atoms with Crippen molar-refractivity contribution >= 4 is 52.3 Å². The highest BCUT2D eigenvalue weighted by atomic mass is 35.5. The molecule has 0 saturated carbocycles. The van der Waals surface area contributed by atoms with Crippen LogP contribution in [0.1, 0.15) is 32.6 Å². The van der Waals surface area contributed by atoms with Gasteiger partial charge in [-0.25, -0.2) is 9.69 Å². The number of halogens is 3. The van der Waals surface area contributed by atoms with Crippen LogP contribution in [-0.4, -0.2) is 12.7 Å². The lowest BCUT2D eigenvalue weighted by atomic mass is 10.2. The van der Waals surface area contributed by atoms with Crippen LogP contribution < -0.4 is 4.90 Å². The van der Waals surface area contributed by atoms with Gasteiger partial charge in [-0.3, -0.25) is 0 Å². The highest BCUT2D eigenvalue weighted by Crippen LogP contribution is 2.37. The zero-order valence-corrected chi connectivity index (χ0v) is 16.2. The number of amides is 1. The molecule has 2 aromatic carbocycles. The Bertz CT molecular complexity index is 684. The molecule has 1 amide bonds. The monoisotopic (exact) mass is 399 g/mol. The number of benzene rings is 2. The van der Waals surface area contributed by atoms with Crippen molar-refractivity contribution in [2.75, 3.05) is 11.5 Å². The number of carbonyl (C=O) groups excluding carboxylic acids is 1. The van der Waals surface area contributed by atoms with E-state index in [0.29, 0.717) is 18.0 Å². The first-order chi connectivity index (χ1) is 12.0. The molecule has 0 aliphatic rings. The Morgan fingerprint density at radius 3 is 2.20 bits per heavy atom. The summed E-state index contributed by atoms with van der Waals surface area (Å²) in [6.07, 6.45) is 3.66. The summed E-state index contributed by atoms with van der Waals surface area (Å²) in [5, 5.41) is 0.815. The number of anilines is 2. The van der Waals surface area contributed by atoms with Gasteiger partial charge in [0.05, 0.1) is 33.0 Å². The molecule has 25 heavy (non-hydrogen) atoms. The van der Waals surface area contributed by atoms with Gasteiger partial charge in [-0.15, -0.1) is 0 Å². The molecule has 0 unspecified atom stereocenters. The number of unbranched alkanes of at least 4 members (excludes halogenated alkanes) is 3. The van der Waals surface area contributed by atoms with Crippen molar-refractivity contribution in [1.29, 1.82) is 0 Å². The SMILES string of the molecule is CCCCCCOC(=O)N(c1ccccc1)c1cc(Cl)c(Cl)c(Cl)c1. The van der Waals surface area contributed by atoms with Crippen LogP contribution in [0.4, 0.5) is 16.2 Å². The Hall–Kier alpha value is -1.42. The van der Waals surface area contributed by atoms with Crippen LogP contribution in [0.2, 0.25) is 15.1 Å². The quantitative estimate of drug-likeness (QED) is 0.355. The van der Waals surface area contributed by atoms with E-state index in [1.807, 2.05) is 30.3 Å². The molecule has 0 N–H and O–H groups in total. The van der Waals surface area contributed by atoms with Crippen molar-refractivity contribution in [2.45, 2.75) is 32.6 Å². The smallest absolute Gasteiger partial charge is 0.418 e. The van der Waals surface area contributed by atoms with Gasteiger partial charge in [0, 0.05) is 0 Å². The minimum Gasteiger partial charge on any atom is -0.449 e. The zero-order valence-electron chi connectivity index (χ0n) is 14.0. The van der Waals surface area contributed by atoms with Crippen LogP contribution in [-0.2, 0) is 4.74 Å². The van der Waals surface area contributed by atoms with Gasteiger partial charge in [-0.2, -0.15) is 0 Å². The van der Waals surface area contributed by atoms with Gasteiger partial charge in [0.1, 0.15) is 0 Å². The van der Waals surface area contributed by atoms with Gasteiger partial charge >= 0.3 is 6.09 Å². The third-order valence-corrected chi connectivity index (χ3v) is 4.84. The summed E-state index contributed by atoms with van der Waals surface area (Å²) in [6.45, 7) is 2.51. The highest BCUT2D eigenvalue weighted by Gasteiger charge is 2.21. The predicted molar refractivity (Wildman–Crippen MR) is 106 cm³/mol. The van der Waals surface area contributed by atoms with E-state index in [1.165, 1.54) is 4.90 Å². The van der Waals surface area contributed by atoms with Gasteiger partial charge in [0.25, 0.3) is 0 Å². The minimum absolute atomic E-state index is 0.257. The van der Waals surface area contributed by atoms with Crippen molar-refractivity contribution in [3.05, 3.63) is 57.5 Å². The molecule has 0 aromatic heterocycles. The van der Waals surface area contributed by atoms with E-state index in [4.69, 9.17) is 39.5 Å². The third-order valence-electron chi connectivity index (χ3n) is 3.65. The van der Waals surface area contributed by atoms with Crippen molar-refractivity contribution < 1.29 is 9.53 Å². The molecule has 0 bridgehead atoms. The van der Waals surface area contributed by atoms with E-state index in [9.17, 15) is 4.79 Å². The summed E-state index contributed by atoms with van der Waals surface area (Å²) in [6, 6.07) is 12.4. The molecule has 0 saturated heterocycles. The maximum absolute atomic E-state index is 12.7. The summed E-state index contributed by atoms with van der Waals surface area (Å²) in [4.78, 5) is 14.1. The van der Waals surface area contributed by atoms with E-state index in [2.05, 4.69) is 6.92 Å². The fourth-order valence-corrected chi connectivity index (χ4v) is 2.95. The molecule has 0 heterocycles. The molecule has 0 fully saturated rings. The molecule has 0 aliphatic heterocycles. The lowest BCUT2D eigenvalue weighted by Gasteiger charge is -2.23. The average molecular weight is 401 g/mol. The second-order valence-electron chi connectivity index (χ2n) is 5.57. The second-order valence-corrected chi connectivity index (χ2v) is 6.76. The molecular weight excluding hydrogens is 381 g/mol. The molecule has 0 spiro atoms. The van der Waals surface area contributed by atoms with Gasteiger partial charge in [0.2, 0.25) is 0 Å². The summed E-state index contributed by atoms with van der Waals surface area (Å²) in [5.74, 6) is 0. The largest absolute Gasteiger partial charge is 0.449 e. The Kier molecular flexibility index (Phi) is 7.89. The first kappa shape index (κ1) is 19.9. The van der Waals surface area contributed by atoms with E-state index in [0.717, 1.165) is 25.7 Å². The molecule has 2 aromatic rings. The second kappa shape index (κ2) is 9.91. The lowest BCUT2D eigenvalue weighted by molar-refractivity contribution is 0.154. The lowest BCUT2D eigenvalue weighted by Crippen LogP contribution is -2.27. The number of carbonyl (C=O) groups is 1. The molecule has 134 valence electrons. The van der Waals surface area contributed by atoms with Crippen molar-refractivity contribution in [3.8, 4) is 0 Å². The number of hydrogen-bond acceptors (Lipinski definition) is 2. The van der Waals surface area contributed by atoms with Gasteiger partial charge in [0.15, 0.2) is 0 Å². The molecular formula is C19H20Cl3NO2. The summed E-state index contributed by atoms with van der Waals surface area (Å²) >= 11 is 18.3. The number of ether oxygens (including phenoxy) is 1. The first-order valence-electron chi connectivity index (χ1n) is 8.21. The van der Waals surface area contributed by atoms with Crippen LogP contribution in [0.5, 0.6) is 0 Å². The van der Waals surface area contributed by atoms with Crippen LogP contribution >= 0.6 is 34.8 Å². The number of para-hydroxylation sites is 1. The van der Waals surface area contributed by atoms with Crippen LogP contribution in [0.15, 0.2) is 42.5 Å². The van der Waals surface area contributed by atoms with Crippen molar-refractivity contribution in [3.63, 3.8) is 0 Å². The molecule has 0 radical (unpaired) electrons. The van der Waals surface area contributed by atoms with Crippen LogP contribution in [0, 0.1) is 0 Å². The van der Waals surface area contributed by atoms with E-state index < -0.39 is 6.09 Å². The van der Waals surface area contributed by atoms with Crippen LogP contribution in [0.3, 0.4) is 0 Å². The fraction of sp³-hybridized carbons (Fsp3) is 0.316. The Morgan fingerprint density at radius 2 is 1.60 bits per heavy atom. The summed E-state index contributed by atoms with van der Waals surface area (Å²) in [5.41, 5.74) is 1.17. The van der Waals surface area contributed by atoms with Crippen molar-refractivity contribution in [2.24, 2.45) is 0 Å². The fourth-order valence-electron chi connectivity index (χ4n) is 2.36. The standard InChI is InChI=1S/C19H20Cl3NO2/c1-2-3-4-8-11-25-19(24)23(14-9-6-5-7-10-14)15-12-16(20)18(22)17(21)13-15/h5-7,9-10,12-13H,2-4,8,11H2,1H3. The van der Waals surface area contributed by atoms with Gasteiger partial charge in [-0.05, 0) is 30.7 Å². The Balaban J connectivity index is 2.24. The summed E-state index contributed by atoms with van der Waals surface area (Å²) in [7, 11) is 0. The maximum atomic E-state index is 12.7. The predicted octanol–water partition coefficient (Wildman–Crippen LogP) is 7.50. The maximum Gasteiger partial charge on any atom is 0.418 e. The van der Waals surface area contributed by atoms with Crippen LogP contribution in [0.25, 0.3) is 0 Å². The van der Waals surface area contributed by atoms with Gasteiger partial charge in [-0.1, -0.05) is 79.2 Å². The molecule has 0 atom stereocenters. The molecule has 2 rings (SSSR count). The summed E-state index contributed by atoms with van der Waals surface area (Å²) < 4.78 is 5.44. The first-order valence-corrected chi connectivity index (χ1v) is 9.34. The molecule has 0 aliphatic carbocycles. The molecule has 3 nitrogen and oxygen atoms in total. The van der Waals surface area contributed by atoms with E-state index in [1.54, 1.807) is 12.1 Å². The molecule has 6 heteroatoms. The minimum atomic E-state index is -0.475. The number of nitrogens with zero attached hydrogens (tertiary/aromatic N) is 1. The zero-order chi connectivity index (χ0) is 18.2. The highest BCUT2D eigenvalue weighted by molar-refractivity contribution is 6.48. The number of rotatable bonds is 7. The average Bonchev–Trinajstić information content (AvgIpc) is 2.60. The topological polar surface area (TPSA) is 29.5 Å². The van der Waals surface area contributed by atoms with E-state index in [-0.39, 0.29) is 15.1 Å². The van der Waals surface area contributed by atoms with Crippen molar-refractivity contribution in [1.82, 2.24) is 0 Å². The van der Waals surface area contributed by atoms with Gasteiger partial charge < -0.3 is 4.74 Å². The number of hydrogen-bond donors (Lipinski definition) is 0. The Labute approximate surface area is 163 Å². The van der Waals surface area contributed by atoms with E-state index >= 15 is 0 Å². The normalized spacial score (nSPS) is 10.6. The third kappa shape index (κ3) is 5.53.